The number of esters is 1. The third-order valence-electron chi connectivity index (χ3n) is 6.51. The van der Waals surface area contributed by atoms with Crippen LogP contribution in [0.15, 0.2) is 57.2 Å². The molecule has 0 radical (unpaired) electrons. The number of carbonyl (C=O) groups excluding carboxylic acids is 2. The number of nitrogens with zero attached hydrogens (tertiary/aromatic N) is 3. The normalized spacial score (nSPS) is 16.0. The van der Waals surface area contributed by atoms with Gasteiger partial charge in [0.05, 0.1) is 33.0 Å². The van der Waals surface area contributed by atoms with E-state index in [1.165, 1.54) is 40.7 Å². The van der Waals surface area contributed by atoms with Crippen LogP contribution in [-0.4, -0.2) is 57.3 Å². The monoisotopic (exact) mass is 594 g/mol. The number of thiazole rings is 1. The van der Waals surface area contributed by atoms with Gasteiger partial charge < -0.3 is 9.30 Å². The lowest BCUT2D eigenvalue weighted by Gasteiger charge is -2.29. The summed E-state index contributed by atoms with van der Waals surface area (Å²) in [6.07, 6.45) is 1.62. The lowest BCUT2D eigenvalue weighted by molar-refractivity contribution is -0.143. The molecule has 1 aromatic heterocycles. The molecule has 0 saturated carbocycles. The quantitative estimate of drug-likeness (QED) is 0.392. The predicted molar refractivity (Wildman–Crippen MR) is 146 cm³/mol. The number of aryl methyl sites for hydroxylation is 1. The molecule has 4 rings (SSSR count). The Kier molecular flexibility index (Phi) is 8.71. The Bertz CT molecular complexity index is 1670. The highest BCUT2D eigenvalue weighted by Gasteiger charge is 2.28. The van der Waals surface area contributed by atoms with Gasteiger partial charge in [-0.3, -0.25) is 9.59 Å². The van der Waals surface area contributed by atoms with E-state index in [4.69, 9.17) is 9.88 Å². The number of sulfonamides is 2. The van der Waals surface area contributed by atoms with Crippen molar-refractivity contribution in [2.75, 3.05) is 19.7 Å². The molecule has 210 valence electrons. The molecule has 1 aliphatic heterocycles. The number of fused-ring (bicyclic) bond motifs is 1. The molecule has 1 amide bonds. The van der Waals surface area contributed by atoms with Crippen molar-refractivity contribution in [1.29, 1.82) is 0 Å². The van der Waals surface area contributed by atoms with Gasteiger partial charge in [-0.05, 0) is 68.1 Å². The van der Waals surface area contributed by atoms with Gasteiger partial charge in [0.2, 0.25) is 20.0 Å². The summed E-state index contributed by atoms with van der Waals surface area (Å²) in [4.78, 5) is 29.5. The Hall–Kier alpha value is -2.91. The molecule has 14 heteroatoms. The van der Waals surface area contributed by atoms with Crippen molar-refractivity contribution in [1.82, 2.24) is 8.87 Å². The van der Waals surface area contributed by atoms with Gasteiger partial charge in [-0.25, -0.2) is 22.0 Å². The fourth-order valence-electron chi connectivity index (χ4n) is 4.26. The van der Waals surface area contributed by atoms with E-state index in [-0.39, 0.29) is 39.7 Å². The second-order valence-electron chi connectivity index (χ2n) is 9.29. The van der Waals surface area contributed by atoms with Gasteiger partial charge in [-0.15, -0.1) is 0 Å². The summed E-state index contributed by atoms with van der Waals surface area (Å²) in [6, 6.07) is 9.91. The first-order chi connectivity index (χ1) is 18.4. The van der Waals surface area contributed by atoms with Crippen molar-refractivity contribution in [2.45, 2.75) is 49.4 Å². The summed E-state index contributed by atoms with van der Waals surface area (Å²) in [5.74, 6) is -0.560. The molecule has 1 fully saturated rings. The zero-order valence-electron chi connectivity index (χ0n) is 21.6. The Morgan fingerprint density at radius 2 is 1.69 bits per heavy atom. The molecule has 0 spiro atoms. The highest BCUT2D eigenvalue weighted by molar-refractivity contribution is 7.89. The first-order valence-corrected chi connectivity index (χ1v) is 16.2. The standard InChI is InChI=1S/C25H30N4O7S3/c1-3-36-23(30)12-15-29-21-9-8-20(38(26,32)33)16-22(21)37-25(29)27-24(31)18-4-6-19(7-5-18)39(34,35)28-13-10-17(2)11-14-28/h4-9,16-17H,3,10-15H2,1-2H3,(H2,26,32,33). The van der Waals surface area contributed by atoms with Gasteiger partial charge in [0.1, 0.15) is 0 Å². The van der Waals surface area contributed by atoms with E-state index in [1.54, 1.807) is 17.6 Å². The van der Waals surface area contributed by atoms with Gasteiger partial charge in [0.25, 0.3) is 5.91 Å². The first-order valence-electron chi connectivity index (χ1n) is 12.4. The Morgan fingerprint density at radius 3 is 2.31 bits per heavy atom. The summed E-state index contributed by atoms with van der Waals surface area (Å²) >= 11 is 1.07. The molecule has 0 bridgehead atoms. The number of aromatic nitrogens is 1. The van der Waals surface area contributed by atoms with Crippen LogP contribution in [0.4, 0.5) is 0 Å². The minimum atomic E-state index is -3.95. The fraction of sp³-hybridized carbons (Fsp3) is 0.400. The Labute approximate surface area is 231 Å². The molecular weight excluding hydrogens is 564 g/mol. The average molecular weight is 595 g/mol. The maximum atomic E-state index is 13.1. The zero-order valence-corrected chi connectivity index (χ0v) is 24.0. The van der Waals surface area contributed by atoms with Crippen molar-refractivity contribution >= 4 is 53.5 Å². The number of rotatable bonds is 8. The topological polar surface area (TPSA) is 158 Å². The van der Waals surface area contributed by atoms with Crippen LogP contribution in [0.5, 0.6) is 0 Å². The number of benzene rings is 2. The molecule has 2 N–H and O–H groups in total. The van der Waals surface area contributed by atoms with Crippen molar-refractivity contribution in [3.63, 3.8) is 0 Å². The van der Waals surface area contributed by atoms with Crippen molar-refractivity contribution < 1.29 is 31.2 Å². The Balaban J connectivity index is 1.66. The number of piperidine rings is 1. The maximum absolute atomic E-state index is 13.1. The molecule has 1 saturated heterocycles. The second kappa shape index (κ2) is 11.7. The summed E-state index contributed by atoms with van der Waals surface area (Å²) in [6.45, 7) is 5.09. The minimum Gasteiger partial charge on any atom is -0.466 e. The van der Waals surface area contributed by atoms with Crippen LogP contribution in [0.1, 0.15) is 43.5 Å². The summed E-state index contributed by atoms with van der Waals surface area (Å²) in [5.41, 5.74) is 0.751. The molecule has 1 aliphatic rings. The van der Waals surface area contributed by atoms with Crippen LogP contribution in [0, 0.1) is 5.92 Å². The number of hydrogen-bond acceptors (Lipinski definition) is 8. The van der Waals surface area contributed by atoms with Crippen molar-refractivity contribution in [2.24, 2.45) is 16.0 Å². The molecule has 0 aliphatic carbocycles. The fourth-order valence-corrected chi connectivity index (χ4v) is 7.44. The minimum absolute atomic E-state index is 0.0137. The van der Waals surface area contributed by atoms with E-state index in [0.29, 0.717) is 29.2 Å². The lowest BCUT2D eigenvalue weighted by atomic mass is 10.0. The number of carbonyl (C=O) groups is 2. The molecule has 39 heavy (non-hydrogen) atoms. The SMILES string of the molecule is CCOC(=O)CCn1c(=NC(=O)c2ccc(S(=O)(=O)N3CCC(C)CC3)cc2)sc2cc(S(N)(=O)=O)ccc21. The van der Waals surface area contributed by atoms with Crippen LogP contribution in [-0.2, 0) is 36.1 Å². The molecular formula is C25H30N4O7S3. The van der Waals surface area contributed by atoms with Crippen LogP contribution >= 0.6 is 11.3 Å². The van der Waals surface area contributed by atoms with E-state index in [1.807, 2.05) is 0 Å². The third kappa shape index (κ3) is 6.64. The van der Waals surface area contributed by atoms with Crippen molar-refractivity contribution in [3.8, 4) is 0 Å². The summed E-state index contributed by atoms with van der Waals surface area (Å²) in [7, 11) is -7.61. The van der Waals surface area contributed by atoms with Gasteiger partial charge >= 0.3 is 5.97 Å². The lowest BCUT2D eigenvalue weighted by Crippen LogP contribution is -2.37. The van der Waals surface area contributed by atoms with Gasteiger partial charge in [0, 0.05) is 25.2 Å². The smallest absolute Gasteiger partial charge is 0.307 e. The maximum Gasteiger partial charge on any atom is 0.307 e. The largest absolute Gasteiger partial charge is 0.466 e. The van der Waals surface area contributed by atoms with Gasteiger partial charge in [0.15, 0.2) is 4.80 Å². The van der Waals surface area contributed by atoms with Crippen LogP contribution in [0.2, 0.25) is 0 Å². The van der Waals surface area contributed by atoms with Crippen LogP contribution < -0.4 is 9.94 Å². The van der Waals surface area contributed by atoms with Crippen LogP contribution in [0.25, 0.3) is 10.2 Å². The van der Waals surface area contributed by atoms with E-state index < -0.39 is 31.9 Å². The van der Waals surface area contributed by atoms with E-state index in [2.05, 4.69) is 11.9 Å². The summed E-state index contributed by atoms with van der Waals surface area (Å²) in [5, 5.41) is 5.26. The number of ether oxygens (including phenoxy) is 1. The molecule has 11 nitrogen and oxygen atoms in total. The zero-order chi connectivity index (χ0) is 28.4. The average Bonchev–Trinajstić information content (AvgIpc) is 3.23. The number of hydrogen-bond donors (Lipinski definition) is 1. The third-order valence-corrected chi connectivity index (χ3v) is 10.4. The first kappa shape index (κ1) is 29.1. The second-order valence-corrected chi connectivity index (χ2v) is 13.8. The number of nitrogens with two attached hydrogens (primary N) is 1. The summed E-state index contributed by atoms with van der Waals surface area (Å²) < 4.78 is 58.3. The predicted octanol–water partition coefficient (Wildman–Crippen LogP) is 2.47. The van der Waals surface area contributed by atoms with Crippen molar-refractivity contribution in [3.05, 3.63) is 52.8 Å². The highest BCUT2D eigenvalue weighted by atomic mass is 32.2. The molecule has 2 heterocycles. The highest BCUT2D eigenvalue weighted by Crippen LogP contribution is 2.24. The van der Waals surface area contributed by atoms with Gasteiger partial charge in [-0.1, -0.05) is 18.3 Å². The van der Waals surface area contributed by atoms with E-state index in [9.17, 15) is 26.4 Å². The van der Waals surface area contributed by atoms with E-state index in [0.717, 1.165) is 24.2 Å². The Morgan fingerprint density at radius 1 is 1.05 bits per heavy atom. The molecule has 0 atom stereocenters. The number of amides is 1. The van der Waals surface area contributed by atoms with Crippen LogP contribution in [0.3, 0.4) is 0 Å². The van der Waals surface area contributed by atoms with E-state index >= 15 is 0 Å². The number of primary sulfonamides is 1. The molecule has 3 aromatic rings. The molecule has 0 unspecified atom stereocenters. The van der Waals surface area contributed by atoms with Gasteiger partial charge in [-0.2, -0.15) is 9.30 Å². The molecule has 2 aromatic carbocycles.